The Bertz CT molecular complexity index is 560. The number of hydrogen-bond donors (Lipinski definition) is 2. The zero-order valence-corrected chi connectivity index (χ0v) is 11.0. The van der Waals surface area contributed by atoms with Gasteiger partial charge in [0.05, 0.1) is 11.0 Å². The minimum Gasteiger partial charge on any atom is -0.391 e. The van der Waals surface area contributed by atoms with Gasteiger partial charge in [-0.05, 0) is 30.2 Å². The Morgan fingerprint density at radius 2 is 2.47 bits per heavy atom. The molecule has 2 aromatic rings. The standard InChI is InChI=1S/C13H14N2O3S/c16-10(8-3-4-8)7-14-13(17)9-6-11(18-15-9)12-2-1-5-19-12/h1-2,5-6,8,10,16H,3-4,7H2,(H,14,17). The summed E-state index contributed by atoms with van der Waals surface area (Å²) in [5.41, 5.74) is 0.242. The van der Waals surface area contributed by atoms with Crippen molar-refractivity contribution in [2.75, 3.05) is 6.54 Å². The van der Waals surface area contributed by atoms with Crippen molar-refractivity contribution in [3.05, 3.63) is 29.3 Å². The summed E-state index contributed by atoms with van der Waals surface area (Å²) in [7, 11) is 0. The van der Waals surface area contributed by atoms with Crippen LogP contribution in [0.15, 0.2) is 28.1 Å². The zero-order chi connectivity index (χ0) is 13.2. The SMILES string of the molecule is O=C(NCC(O)C1CC1)c1cc(-c2cccs2)on1. The van der Waals surface area contributed by atoms with Crippen LogP contribution < -0.4 is 5.32 Å². The highest BCUT2D eigenvalue weighted by Crippen LogP contribution is 2.32. The molecule has 1 unspecified atom stereocenters. The summed E-state index contributed by atoms with van der Waals surface area (Å²) in [4.78, 5) is 12.8. The molecule has 1 aliphatic rings. The van der Waals surface area contributed by atoms with Crippen LogP contribution in [0.25, 0.3) is 10.6 Å². The molecule has 5 nitrogen and oxygen atoms in total. The lowest BCUT2D eigenvalue weighted by Gasteiger charge is -2.08. The normalized spacial score (nSPS) is 16.3. The molecule has 1 aliphatic carbocycles. The number of aliphatic hydroxyl groups is 1. The molecular formula is C13H14N2O3S. The maximum Gasteiger partial charge on any atom is 0.273 e. The van der Waals surface area contributed by atoms with Gasteiger partial charge in [-0.2, -0.15) is 0 Å². The van der Waals surface area contributed by atoms with Crippen molar-refractivity contribution in [2.24, 2.45) is 5.92 Å². The molecule has 3 rings (SSSR count). The Labute approximate surface area is 114 Å². The van der Waals surface area contributed by atoms with Crippen molar-refractivity contribution in [1.29, 1.82) is 0 Å². The van der Waals surface area contributed by atoms with Gasteiger partial charge in [-0.1, -0.05) is 11.2 Å². The number of carbonyl (C=O) groups is 1. The van der Waals surface area contributed by atoms with E-state index in [9.17, 15) is 9.90 Å². The fraction of sp³-hybridized carbons (Fsp3) is 0.385. The molecule has 0 radical (unpaired) electrons. The Kier molecular flexibility index (Phi) is 3.35. The van der Waals surface area contributed by atoms with Crippen molar-refractivity contribution in [3.63, 3.8) is 0 Å². The Balaban J connectivity index is 1.60. The van der Waals surface area contributed by atoms with Crippen LogP contribution in [0, 0.1) is 5.92 Å². The van der Waals surface area contributed by atoms with Gasteiger partial charge in [0.1, 0.15) is 0 Å². The first-order chi connectivity index (χ1) is 9.24. The van der Waals surface area contributed by atoms with E-state index in [2.05, 4.69) is 10.5 Å². The molecular weight excluding hydrogens is 264 g/mol. The van der Waals surface area contributed by atoms with Crippen LogP contribution in [0.1, 0.15) is 23.3 Å². The summed E-state index contributed by atoms with van der Waals surface area (Å²) in [6.07, 6.45) is 1.64. The summed E-state index contributed by atoms with van der Waals surface area (Å²) in [6, 6.07) is 5.43. The molecule has 19 heavy (non-hydrogen) atoms. The summed E-state index contributed by atoms with van der Waals surface area (Å²) in [5.74, 6) is 0.619. The molecule has 1 atom stereocenters. The predicted molar refractivity (Wildman–Crippen MR) is 70.9 cm³/mol. The smallest absolute Gasteiger partial charge is 0.273 e. The Hall–Kier alpha value is -1.66. The minimum atomic E-state index is -0.451. The zero-order valence-electron chi connectivity index (χ0n) is 10.2. The van der Waals surface area contributed by atoms with Crippen LogP contribution in [0.5, 0.6) is 0 Å². The van der Waals surface area contributed by atoms with Crippen LogP contribution in [0.4, 0.5) is 0 Å². The maximum atomic E-state index is 11.8. The molecule has 0 aromatic carbocycles. The number of hydrogen-bond acceptors (Lipinski definition) is 5. The molecule has 2 aromatic heterocycles. The van der Waals surface area contributed by atoms with E-state index in [1.54, 1.807) is 6.07 Å². The van der Waals surface area contributed by atoms with Crippen molar-refractivity contribution in [3.8, 4) is 10.6 Å². The largest absolute Gasteiger partial charge is 0.391 e. The number of thiophene rings is 1. The molecule has 0 bridgehead atoms. The van der Waals surface area contributed by atoms with Gasteiger partial charge in [0.15, 0.2) is 11.5 Å². The number of amides is 1. The average molecular weight is 278 g/mol. The van der Waals surface area contributed by atoms with Gasteiger partial charge in [-0.3, -0.25) is 4.79 Å². The van der Waals surface area contributed by atoms with E-state index in [1.165, 1.54) is 11.3 Å². The molecule has 1 saturated carbocycles. The average Bonchev–Trinajstić information content (AvgIpc) is 2.94. The van der Waals surface area contributed by atoms with Crippen LogP contribution >= 0.6 is 11.3 Å². The van der Waals surface area contributed by atoms with E-state index in [1.807, 2.05) is 17.5 Å². The highest BCUT2D eigenvalue weighted by molar-refractivity contribution is 7.13. The fourth-order valence-electron chi connectivity index (χ4n) is 1.85. The number of aromatic nitrogens is 1. The first-order valence-electron chi connectivity index (χ1n) is 6.21. The third kappa shape index (κ3) is 2.85. The van der Waals surface area contributed by atoms with Gasteiger partial charge in [0.2, 0.25) is 0 Å². The first-order valence-corrected chi connectivity index (χ1v) is 7.09. The number of nitrogens with one attached hydrogen (secondary N) is 1. The van der Waals surface area contributed by atoms with Gasteiger partial charge in [-0.15, -0.1) is 11.3 Å². The second-order valence-corrected chi connectivity index (χ2v) is 5.62. The Morgan fingerprint density at radius 1 is 1.63 bits per heavy atom. The van der Waals surface area contributed by atoms with Gasteiger partial charge in [0, 0.05) is 12.6 Å². The topological polar surface area (TPSA) is 75.4 Å². The van der Waals surface area contributed by atoms with Crippen LogP contribution in [0.3, 0.4) is 0 Å². The summed E-state index contributed by atoms with van der Waals surface area (Å²) < 4.78 is 5.13. The first kappa shape index (κ1) is 12.4. The summed E-state index contributed by atoms with van der Waals surface area (Å²) >= 11 is 1.53. The second-order valence-electron chi connectivity index (χ2n) is 4.67. The lowest BCUT2D eigenvalue weighted by Crippen LogP contribution is -2.33. The molecule has 2 heterocycles. The quantitative estimate of drug-likeness (QED) is 0.876. The molecule has 2 N–H and O–H groups in total. The molecule has 0 spiro atoms. The lowest BCUT2D eigenvalue weighted by molar-refractivity contribution is 0.0892. The Morgan fingerprint density at radius 3 is 3.16 bits per heavy atom. The van der Waals surface area contributed by atoms with E-state index >= 15 is 0 Å². The maximum absolute atomic E-state index is 11.8. The van der Waals surface area contributed by atoms with E-state index in [0.29, 0.717) is 11.7 Å². The van der Waals surface area contributed by atoms with Crippen molar-refractivity contribution in [1.82, 2.24) is 10.5 Å². The molecule has 1 amide bonds. The van der Waals surface area contributed by atoms with Crippen LogP contribution in [-0.4, -0.2) is 28.8 Å². The number of nitrogens with zero attached hydrogens (tertiary/aromatic N) is 1. The highest BCUT2D eigenvalue weighted by Gasteiger charge is 2.30. The van der Waals surface area contributed by atoms with Crippen molar-refractivity contribution in [2.45, 2.75) is 18.9 Å². The van der Waals surface area contributed by atoms with Gasteiger partial charge >= 0.3 is 0 Å². The van der Waals surface area contributed by atoms with E-state index < -0.39 is 6.10 Å². The van der Waals surface area contributed by atoms with Crippen LogP contribution in [-0.2, 0) is 0 Å². The van der Waals surface area contributed by atoms with Crippen LogP contribution in [0.2, 0.25) is 0 Å². The van der Waals surface area contributed by atoms with Crippen molar-refractivity contribution < 1.29 is 14.4 Å². The number of carbonyl (C=O) groups excluding carboxylic acids is 1. The fourth-order valence-corrected chi connectivity index (χ4v) is 2.53. The third-order valence-corrected chi connectivity index (χ3v) is 4.03. The van der Waals surface area contributed by atoms with Gasteiger partial charge in [-0.25, -0.2) is 0 Å². The number of rotatable bonds is 5. The molecule has 0 aliphatic heterocycles. The monoisotopic (exact) mass is 278 g/mol. The van der Waals surface area contributed by atoms with E-state index in [4.69, 9.17) is 4.52 Å². The highest BCUT2D eigenvalue weighted by atomic mass is 32.1. The van der Waals surface area contributed by atoms with E-state index in [0.717, 1.165) is 17.7 Å². The van der Waals surface area contributed by atoms with Gasteiger partial charge in [0.25, 0.3) is 5.91 Å². The van der Waals surface area contributed by atoms with Crippen molar-refractivity contribution >= 4 is 17.2 Å². The number of aliphatic hydroxyl groups excluding tert-OH is 1. The second kappa shape index (κ2) is 5.14. The molecule has 0 saturated heterocycles. The molecule has 1 fully saturated rings. The third-order valence-electron chi connectivity index (χ3n) is 3.14. The lowest BCUT2D eigenvalue weighted by atomic mass is 10.2. The van der Waals surface area contributed by atoms with Gasteiger partial charge < -0.3 is 14.9 Å². The minimum absolute atomic E-state index is 0.242. The van der Waals surface area contributed by atoms with E-state index in [-0.39, 0.29) is 18.1 Å². The molecule has 6 heteroatoms. The summed E-state index contributed by atoms with van der Waals surface area (Å²) in [6.45, 7) is 0.269. The molecule has 100 valence electrons. The summed E-state index contributed by atoms with van der Waals surface area (Å²) in [5, 5.41) is 18.0. The predicted octanol–water partition coefficient (Wildman–Crippen LogP) is 1.90.